The van der Waals surface area contributed by atoms with Gasteiger partial charge < -0.3 is 49.8 Å². The van der Waals surface area contributed by atoms with Crippen molar-refractivity contribution in [1.82, 2.24) is 0 Å². The van der Waals surface area contributed by atoms with Crippen LogP contribution in [0.2, 0.25) is 0 Å². The highest BCUT2D eigenvalue weighted by atomic mass is 31.2. The van der Waals surface area contributed by atoms with Crippen LogP contribution in [-0.4, -0.2) is 81.0 Å². The molecule has 0 rings (SSSR count). The molecule has 0 saturated heterocycles. The second-order valence-electron chi connectivity index (χ2n) is 2.85. The molecule has 0 amide bonds. The summed E-state index contributed by atoms with van der Waals surface area (Å²) in [5.41, 5.74) is 0. The maximum absolute atomic E-state index is 10.3. The van der Waals surface area contributed by atoms with Gasteiger partial charge in [0.2, 0.25) is 0 Å². The molecular formula is C5H16O13P2. The van der Waals surface area contributed by atoms with E-state index >= 15 is 0 Å². The van der Waals surface area contributed by atoms with E-state index in [1.807, 2.05) is 0 Å². The predicted molar refractivity (Wildman–Crippen MR) is 59.7 cm³/mol. The molecule has 0 aromatic heterocycles. The highest BCUT2D eigenvalue weighted by molar-refractivity contribution is 7.45. The maximum Gasteiger partial charge on any atom is 0.466 e. The lowest BCUT2D eigenvalue weighted by Crippen LogP contribution is -2.37. The highest BCUT2D eigenvalue weighted by Crippen LogP contribution is 2.26. The highest BCUT2D eigenvalue weighted by Gasteiger charge is 2.21. The zero-order chi connectivity index (χ0) is 17.1. The number of carbonyl (C=O) groups excluding carboxylic acids is 1. The van der Waals surface area contributed by atoms with E-state index in [-0.39, 0.29) is 0 Å². The molecule has 0 aliphatic carbocycles. The molecule has 0 aromatic carbocycles. The summed E-state index contributed by atoms with van der Waals surface area (Å²) < 4.78 is 17.8. The third kappa shape index (κ3) is 36.1. The normalized spacial score (nSPS) is 14.1. The number of aliphatic hydroxyl groups excluding tert-OH is 4. The van der Waals surface area contributed by atoms with Crippen LogP contribution < -0.4 is 0 Å². The van der Waals surface area contributed by atoms with Crippen molar-refractivity contribution in [1.29, 1.82) is 0 Å². The van der Waals surface area contributed by atoms with Crippen molar-refractivity contribution in [2.24, 2.45) is 0 Å². The molecule has 0 aliphatic heterocycles. The fourth-order valence-electron chi connectivity index (χ4n) is 0.408. The standard InChI is InChI=1S/C5H10O5.2H3O4P/c6-1-3(8)5(10)4(9)2-7;2*1-5(2,3)4/h3,5-8,10H,1-2H2;2*(H3,1,2,3,4). The number of Topliss-reactive ketones (excluding diaryl/α,β-unsaturated/α-hetero) is 1. The van der Waals surface area contributed by atoms with E-state index in [0.717, 1.165) is 0 Å². The Kier molecular flexibility index (Phi) is 14.1. The minimum absolute atomic E-state index is 0.701. The van der Waals surface area contributed by atoms with E-state index < -0.39 is 46.9 Å². The van der Waals surface area contributed by atoms with Gasteiger partial charge in [-0.25, -0.2) is 9.13 Å². The summed E-state index contributed by atoms with van der Waals surface area (Å²) in [4.78, 5) is 53.5. The molecule has 10 N–H and O–H groups in total. The molecule has 0 saturated carbocycles. The molecule has 0 spiro atoms. The van der Waals surface area contributed by atoms with Crippen LogP contribution in [0.3, 0.4) is 0 Å². The van der Waals surface area contributed by atoms with E-state index in [1.165, 1.54) is 0 Å². The van der Waals surface area contributed by atoms with E-state index in [0.29, 0.717) is 0 Å². The molecule has 15 heteroatoms. The molecule has 0 heterocycles. The molecule has 0 radical (unpaired) electrons. The molecule has 0 aromatic rings. The lowest BCUT2D eigenvalue weighted by atomic mass is 10.1. The number of hydrogen-bond acceptors (Lipinski definition) is 7. The lowest BCUT2D eigenvalue weighted by molar-refractivity contribution is -0.137. The first kappa shape index (κ1) is 24.7. The zero-order valence-electron chi connectivity index (χ0n) is 9.66. The molecule has 20 heavy (non-hydrogen) atoms. The van der Waals surface area contributed by atoms with Gasteiger partial charge in [-0.15, -0.1) is 0 Å². The Labute approximate surface area is 111 Å². The Bertz CT molecular complexity index is 306. The Morgan fingerprint density at radius 1 is 0.850 bits per heavy atom. The van der Waals surface area contributed by atoms with Crippen molar-refractivity contribution < 1.29 is 63.7 Å². The van der Waals surface area contributed by atoms with E-state index in [1.54, 1.807) is 0 Å². The van der Waals surface area contributed by atoms with E-state index in [9.17, 15) is 4.79 Å². The smallest absolute Gasteiger partial charge is 0.394 e. The monoisotopic (exact) mass is 346 g/mol. The number of carbonyl (C=O) groups is 1. The summed E-state index contributed by atoms with van der Waals surface area (Å²) in [5, 5.41) is 33.6. The molecule has 13 nitrogen and oxygen atoms in total. The van der Waals surface area contributed by atoms with E-state index in [4.69, 9.17) is 58.9 Å². The van der Waals surface area contributed by atoms with E-state index in [2.05, 4.69) is 0 Å². The quantitative estimate of drug-likeness (QED) is 0.215. The number of ketones is 1. The van der Waals surface area contributed by atoms with Crippen molar-refractivity contribution in [3.05, 3.63) is 0 Å². The molecule has 2 atom stereocenters. The second kappa shape index (κ2) is 11.4. The Morgan fingerprint density at radius 3 is 1.25 bits per heavy atom. The van der Waals surface area contributed by atoms with Gasteiger partial charge in [-0.05, 0) is 0 Å². The summed E-state index contributed by atoms with van der Waals surface area (Å²) >= 11 is 0. The first-order valence-corrected chi connectivity index (χ1v) is 7.43. The topological polar surface area (TPSA) is 254 Å². The van der Waals surface area contributed by atoms with Crippen molar-refractivity contribution in [2.45, 2.75) is 12.2 Å². The molecule has 124 valence electrons. The minimum Gasteiger partial charge on any atom is -0.394 e. The van der Waals surface area contributed by atoms with Crippen molar-refractivity contribution in [2.75, 3.05) is 13.2 Å². The molecular weight excluding hydrogens is 330 g/mol. The van der Waals surface area contributed by atoms with Crippen LogP contribution >= 0.6 is 15.6 Å². The lowest BCUT2D eigenvalue weighted by Gasteiger charge is -2.11. The summed E-state index contributed by atoms with van der Waals surface area (Å²) in [5.74, 6) is -0.901. The summed E-state index contributed by atoms with van der Waals surface area (Å²) in [6.45, 7) is -1.54. The minimum atomic E-state index is -4.64. The van der Waals surface area contributed by atoms with Gasteiger partial charge in [-0.2, -0.15) is 0 Å². The molecule has 0 fully saturated rings. The molecule has 0 bridgehead atoms. The van der Waals surface area contributed by atoms with Crippen LogP contribution in [0.4, 0.5) is 0 Å². The fourth-order valence-corrected chi connectivity index (χ4v) is 0.408. The average Bonchev–Trinajstić information content (AvgIpc) is 2.21. The summed E-state index contributed by atoms with van der Waals surface area (Å²) in [7, 11) is -9.28. The van der Waals surface area contributed by atoms with Crippen molar-refractivity contribution in [3.8, 4) is 0 Å². The van der Waals surface area contributed by atoms with Crippen molar-refractivity contribution >= 4 is 21.4 Å². The van der Waals surface area contributed by atoms with Gasteiger partial charge in [0.1, 0.15) is 18.8 Å². The van der Waals surface area contributed by atoms with Gasteiger partial charge >= 0.3 is 15.6 Å². The van der Waals surface area contributed by atoms with Gasteiger partial charge in [0, 0.05) is 0 Å². The first-order chi connectivity index (χ1) is 8.63. The first-order valence-electron chi connectivity index (χ1n) is 4.30. The predicted octanol–water partition coefficient (Wildman–Crippen LogP) is -4.60. The maximum atomic E-state index is 10.3. The molecule has 0 aliphatic rings. The fraction of sp³-hybridized carbons (Fsp3) is 0.800. The SMILES string of the molecule is O=C(CO)C(O)C(O)CO.O=P(O)(O)O.O=P(O)(O)O. The Morgan fingerprint density at radius 2 is 1.10 bits per heavy atom. The Hall–Kier alpha value is -0.270. The van der Waals surface area contributed by atoms with Gasteiger partial charge in [-0.3, -0.25) is 4.79 Å². The zero-order valence-corrected chi connectivity index (χ0v) is 11.4. The van der Waals surface area contributed by atoms with Crippen molar-refractivity contribution in [3.63, 3.8) is 0 Å². The third-order valence-corrected chi connectivity index (χ3v) is 1.04. The second-order valence-corrected chi connectivity index (χ2v) is 4.90. The summed E-state index contributed by atoms with van der Waals surface area (Å²) in [6.07, 6.45) is -3.19. The van der Waals surface area contributed by atoms with Gasteiger partial charge in [0.25, 0.3) is 0 Å². The van der Waals surface area contributed by atoms with Crippen LogP contribution in [0.5, 0.6) is 0 Å². The van der Waals surface area contributed by atoms with Gasteiger partial charge in [0.05, 0.1) is 6.61 Å². The van der Waals surface area contributed by atoms with Crippen LogP contribution in [-0.2, 0) is 13.9 Å². The number of aliphatic hydroxyl groups is 4. The molecule has 2 unspecified atom stereocenters. The summed E-state index contributed by atoms with van der Waals surface area (Å²) in [6, 6.07) is 0. The van der Waals surface area contributed by atoms with Crippen LogP contribution in [0.1, 0.15) is 0 Å². The van der Waals surface area contributed by atoms with Crippen LogP contribution in [0.15, 0.2) is 0 Å². The third-order valence-electron chi connectivity index (χ3n) is 1.04. The average molecular weight is 346 g/mol. The van der Waals surface area contributed by atoms with Gasteiger partial charge in [-0.1, -0.05) is 0 Å². The number of hydrogen-bond donors (Lipinski definition) is 10. The number of phosphoric acid groups is 2. The Balaban J connectivity index is -0.000000244. The van der Waals surface area contributed by atoms with Crippen LogP contribution in [0, 0.1) is 0 Å². The largest absolute Gasteiger partial charge is 0.466 e. The number of rotatable bonds is 4. The van der Waals surface area contributed by atoms with Crippen LogP contribution in [0.25, 0.3) is 0 Å². The van der Waals surface area contributed by atoms with Gasteiger partial charge in [0.15, 0.2) is 5.78 Å².